The lowest BCUT2D eigenvalue weighted by Gasteiger charge is -2.33. The Balaban J connectivity index is 2.50. The molecule has 0 aliphatic carbocycles. The van der Waals surface area contributed by atoms with Crippen molar-refractivity contribution in [1.82, 2.24) is 0 Å². The fourth-order valence-electron chi connectivity index (χ4n) is 2.30. The predicted octanol–water partition coefficient (Wildman–Crippen LogP) is 3.46. The van der Waals surface area contributed by atoms with Crippen molar-refractivity contribution >= 4 is 40.9 Å². The Bertz CT molecular complexity index is 522. The van der Waals surface area contributed by atoms with E-state index in [0.717, 1.165) is 19.1 Å². The van der Waals surface area contributed by atoms with E-state index in [0.29, 0.717) is 18.7 Å². The van der Waals surface area contributed by atoms with Crippen LogP contribution in [0.5, 0.6) is 0 Å². The summed E-state index contributed by atoms with van der Waals surface area (Å²) in [4.78, 5) is 23.4. The molecule has 102 valence electrons. The SMILES string of the molecule is O=CC1CCCCN1c1cc(Cl)c(Cl)cc1[N+](=O)[O-]. The molecular formula is C12H12Cl2N2O3. The van der Waals surface area contributed by atoms with Crippen LogP contribution >= 0.6 is 23.2 Å². The van der Waals surface area contributed by atoms with Gasteiger partial charge in [0.2, 0.25) is 0 Å². The normalized spacial score (nSPS) is 19.3. The number of aldehydes is 1. The number of anilines is 1. The van der Waals surface area contributed by atoms with Gasteiger partial charge in [-0.3, -0.25) is 10.1 Å². The summed E-state index contributed by atoms with van der Waals surface area (Å²) in [5, 5.41) is 11.5. The molecule has 0 aromatic heterocycles. The molecule has 1 fully saturated rings. The van der Waals surface area contributed by atoms with Crippen LogP contribution in [0.4, 0.5) is 11.4 Å². The molecule has 1 atom stereocenters. The molecule has 19 heavy (non-hydrogen) atoms. The molecule has 1 aliphatic rings. The van der Waals surface area contributed by atoms with Crippen molar-refractivity contribution < 1.29 is 9.72 Å². The summed E-state index contributed by atoms with van der Waals surface area (Å²) in [5.41, 5.74) is 0.236. The highest BCUT2D eigenvalue weighted by Gasteiger charge is 2.28. The lowest BCUT2D eigenvalue weighted by molar-refractivity contribution is -0.384. The van der Waals surface area contributed by atoms with Crippen molar-refractivity contribution in [3.8, 4) is 0 Å². The van der Waals surface area contributed by atoms with Crippen molar-refractivity contribution in [2.24, 2.45) is 0 Å². The maximum atomic E-state index is 11.1. The number of piperidine rings is 1. The number of hydrogen-bond donors (Lipinski definition) is 0. The molecule has 0 bridgehead atoms. The molecule has 0 saturated carbocycles. The Morgan fingerprint density at radius 3 is 2.63 bits per heavy atom. The third-order valence-corrected chi connectivity index (χ3v) is 3.95. The first-order chi connectivity index (χ1) is 9.04. The number of rotatable bonds is 3. The zero-order valence-corrected chi connectivity index (χ0v) is 11.5. The van der Waals surface area contributed by atoms with E-state index in [9.17, 15) is 14.9 Å². The first-order valence-electron chi connectivity index (χ1n) is 5.90. The van der Waals surface area contributed by atoms with E-state index in [1.54, 1.807) is 4.90 Å². The number of nitro groups is 1. The summed E-state index contributed by atoms with van der Waals surface area (Å²) < 4.78 is 0. The van der Waals surface area contributed by atoms with E-state index in [-0.39, 0.29) is 21.8 Å². The minimum Gasteiger partial charge on any atom is -0.356 e. The van der Waals surface area contributed by atoms with Gasteiger partial charge in [-0.15, -0.1) is 0 Å². The minimum absolute atomic E-state index is 0.122. The molecular weight excluding hydrogens is 291 g/mol. The quantitative estimate of drug-likeness (QED) is 0.487. The maximum absolute atomic E-state index is 11.1. The van der Waals surface area contributed by atoms with Crippen LogP contribution in [-0.2, 0) is 4.79 Å². The van der Waals surface area contributed by atoms with Gasteiger partial charge in [-0.25, -0.2) is 0 Å². The first-order valence-corrected chi connectivity index (χ1v) is 6.65. The summed E-state index contributed by atoms with van der Waals surface area (Å²) in [6.45, 7) is 0.599. The summed E-state index contributed by atoms with van der Waals surface area (Å²) in [5.74, 6) is 0. The lowest BCUT2D eigenvalue weighted by Crippen LogP contribution is -2.40. The topological polar surface area (TPSA) is 63.5 Å². The summed E-state index contributed by atoms with van der Waals surface area (Å²) >= 11 is 11.7. The highest BCUT2D eigenvalue weighted by Crippen LogP contribution is 2.38. The smallest absolute Gasteiger partial charge is 0.294 e. The first kappa shape index (κ1) is 14.1. The van der Waals surface area contributed by atoms with E-state index in [1.807, 2.05) is 0 Å². The van der Waals surface area contributed by atoms with Gasteiger partial charge in [-0.05, 0) is 25.3 Å². The third-order valence-electron chi connectivity index (χ3n) is 3.23. The van der Waals surface area contributed by atoms with Crippen molar-refractivity contribution in [1.29, 1.82) is 0 Å². The van der Waals surface area contributed by atoms with Gasteiger partial charge < -0.3 is 9.69 Å². The fourth-order valence-corrected chi connectivity index (χ4v) is 2.62. The average molecular weight is 303 g/mol. The molecule has 0 N–H and O–H groups in total. The number of hydrogen-bond acceptors (Lipinski definition) is 4. The second-order valence-electron chi connectivity index (χ2n) is 4.40. The van der Waals surface area contributed by atoms with E-state index >= 15 is 0 Å². The second kappa shape index (κ2) is 5.75. The van der Waals surface area contributed by atoms with Crippen LogP contribution in [0.15, 0.2) is 12.1 Å². The molecule has 1 heterocycles. The van der Waals surface area contributed by atoms with Gasteiger partial charge in [0.05, 0.1) is 21.0 Å². The van der Waals surface area contributed by atoms with Crippen LogP contribution in [0, 0.1) is 10.1 Å². The zero-order valence-electron chi connectivity index (χ0n) is 10.0. The second-order valence-corrected chi connectivity index (χ2v) is 5.22. The maximum Gasteiger partial charge on any atom is 0.294 e. The molecule has 1 saturated heterocycles. The van der Waals surface area contributed by atoms with E-state index in [1.165, 1.54) is 12.1 Å². The summed E-state index contributed by atoms with van der Waals surface area (Å²) in [6.07, 6.45) is 3.35. The molecule has 1 aromatic rings. The minimum atomic E-state index is -0.506. The summed E-state index contributed by atoms with van der Waals surface area (Å²) in [6, 6.07) is 2.35. The van der Waals surface area contributed by atoms with Crippen LogP contribution < -0.4 is 4.90 Å². The van der Waals surface area contributed by atoms with Crippen LogP contribution in [0.2, 0.25) is 10.0 Å². The van der Waals surface area contributed by atoms with Crippen LogP contribution in [0.25, 0.3) is 0 Å². The van der Waals surface area contributed by atoms with Gasteiger partial charge in [-0.1, -0.05) is 23.2 Å². The Kier molecular flexibility index (Phi) is 4.27. The van der Waals surface area contributed by atoms with Crippen molar-refractivity contribution in [2.75, 3.05) is 11.4 Å². The molecule has 0 spiro atoms. The number of benzene rings is 1. The van der Waals surface area contributed by atoms with Crippen molar-refractivity contribution in [3.05, 3.63) is 32.3 Å². The van der Waals surface area contributed by atoms with Gasteiger partial charge in [0.15, 0.2) is 0 Å². The molecule has 1 aliphatic heterocycles. The Hall–Kier alpha value is -1.33. The van der Waals surface area contributed by atoms with Crippen LogP contribution in [0.3, 0.4) is 0 Å². The Morgan fingerprint density at radius 1 is 1.32 bits per heavy atom. The van der Waals surface area contributed by atoms with Crippen molar-refractivity contribution in [2.45, 2.75) is 25.3 Å². The molecule has 5 nitrogen and oxygen atoms in total. The monoisotopic (exact) mass is 302 g/mol. The zero-order chi connectivity index (χ0) is 14.0. The van der Waals surface area contributed by atoms with Crippen LogP contribution in [-0.4, -0.2) is 23.8 Å². The molecule has 0 amide bonds. The molecule has 7 heteroatoms. The lowest BCUT2D eigenvalue weighted by atomic mass is 10.0. The molecule has 1 aromatic carbocycles. The number of carbonyl (C=O) groups is 1. The van der Waals surface area contributed by atoms with Gasteiger partial charge >= 0.3 is 0 Å². The number of carbonyl (C=O) groups excluding carboxylic acids is 1. The van der Waals surface area contributed by atoms with Gasteiger partial charge in [0.1, 0.15) is 12.0 Å². The van der Waals surface area contributed by atoms with E-state index in [2.05, 4.69) is 0 Å². The molecule has 2 rings (SSSR count). The van der Waals surface area contributed by atoms with E-state index in [4.69, 9.17) is 23.2 Å². The molecule has 0 radical (unpaired) electrons. The Morgan fingerprint density at radius 2 is 2.00 bits per heavy atom. The van der Waals surface area contributed by atoms with Crippen LogP contribution in [0.1, 0.15) is 19.3 Å². The van der Waals surface area contributed by atoms with E-state index < -0.39 is 4.92 Å². The fraction of sp³-hybridized carbons (Fsp3) is 0.417. The van der Waals surface area contributed by atoms with Gasteiger partial charge in [-0.2, -0.15) is 0 Å². The third kappa shape index (κ3) is 2.82. The van der Waals surface area contributed by atoms with Gasteiger partial charge in [0, 0.05) is 12.6 Å². The number of nitro benzene ring substituents is 1. The standard InChI is InChI=1S/C12H12Cl2N2O3/c13-9-5-11(12(16(18)19)6-10(9)14)15-4-2-1-3-8(15)7-17/h5-8H,1-4H2. The number of halogens is 2. The predicted molar refractivity (Wildman–Crippen MR) is 74.2 cm³/mol. The molecule has 1 unspecified atom stereocenters. The highest BCUT2D eigenvalue weighted by molar-refractivity contribution is 6.42. The largest absolute Gasteiger partial charge is 0.356 e. The number of nitrogens with zero attached hydrogens (tertiary/aromatic N) is 2. The van der Waals surface area contributed by atoms with Gasteiger partial charge in [0.25, 0.3) is 5.69 Å². The highest BCUT2D eigenvalue weighted by atomic mass is 35.5. The average Bonchev–Trinajstić information content (AvgIpc) is 2.41. The van der Waals surface area contributed by atoms with Crippen molar-refractivity contribution in [3.63, 3.8) is 0 Å². The Labute approximate surface area is 120 Å². The summed E-state index contributed by atoms with van der Waals surface area (Å²) in [7, 11) is 0.